The first-order valence-electron chi connectivity index (χ1n) is 5.10. The molecule has 2 nitrogen and oxygen atoms in total. The summed E-state index contributed by atoms with van der Waals surface area (Å²) < 4.78 is 2.04. The zero-order valence-corrected chi connectivity index (χ0v) is 9.12. The van der Waals surface area contributed by atoms with E-state index >= 15 is 0 Å². The minimum absolute atomic E-state index is 0.673. The van der Waals surface area contributed by atoms with Gasteiger partial charge in [-0.2, -0.15) is 5.10 Å². The summed E-state index contributed by atoms with van der Waals surface area (Å²) in [6.45, 7) is 9.90. The molecule has 0 saturated carbocycles. The van der Waals surface area contributed by atoms with Crippen molar-refractivity contribution in [3.05, 3.63) is 18.0 Å². The van der Waals surface area contributed by atoms with Crippen molar-refractivity contribution >= 4 is 0 Å². The first-order valence-corrected chi connectivity index (χ1v) is 5.10. The third-order valence-electron chi connectivity index (χ3n) is 1.87. The number of rotatable bonds is 4. The highest BCUT2D eigenvalue weighted by molar-refractivity contribution is 4.99. The monoisotopic (exact) mass is 180 g/mol. The van der Waals surface area contributed by atoms with Crippen LogP contribution >= 0.6 is 0 Å². The van der Waals surface area contributed by atoms with Crippen LogP contribution in [0.25, 0.3) is 0 Å². The van der Waals surface area contributed by atoms with Crippen LogP contribution in [0.5, 0.6) is 0 Å². The Labute approximate surface area is 81.0 Å². The number of hydrogen-bond donors (Lipinski definition) is 0. The second-order valence-electron chi connectivity index (χ2n) is 4.52. The molecule has 0 aliphatic carbocycles. The molecule has 0 aliphatic rings. The molecule has 1 aromatic rings. The molecule has 13 heavy (non-hydrogen) atoms. The van der Waals surface area contributed by atoms with Crippen LogP contribution in [-0.2, 0) is 13.0 Å². The van der Waals surface area contributed by atoms with E-state index in [9.17, 15) is 0 Å². The van der Waals surface area contributed by atoms with Crippen molar-refractivity contribution in [2.45, 2.75) is 40.7 Å². The Hall–Kier alpha value is -0.790. The van der Waals surface area contributed by atoms with Crippen molar-refractivity contribution in [3.63, 3.8) is 0 Å². The summed E-state index contributed by atoms with van der Waals surface area (Å²) in [5, 5.41) is 4.51. The van der Waals surface area contributed by atoms with E-state index in [4.69, 9.17) is 0 Å². The molecule has 0 aromatic carbocycles. The summed E-state index contributed by atoms with van der Waals surface area (Å²) in [6.07, 6.45) is 3.17. The number of hydrogen-bond acceptors (Lipinski definition) is 1. The quantitative estimate of drug-likeness (QED) is 0.696. The van der Waals surface area contributed by atoms with Crippen LogP contribution in [0.1, 0.15) is 33.4 Å². The predicted octanol–water partition coefficient (Wildman–Crippen LogP) is 2.74. The molecule has 0 unspecified atom stereocenters. The molecule has 1 rings (SSSR count). The largest absolute Gasteiger partial charge is 0.272 e. The van der Waals surface area contributed by atoms with Crippen LogP contribution in [-0.4, -0.2) is 9.78 Å². The summed E-state index contributed by atoms with van der Waals surface area (Å²) in [4.78, 5) is 0. The van der Waals surface area contributed by atoms with Gasteiger partial charge in [-0.3, -0.25) is 4.68 Å². The molecule has 0 radical (unpaired) electrons. The third kappa shape index (κ3) is 3.62. The van der Waals surface area contributed by atoms with Gasteiger partial charge in [0.2, 0.25) is 0 Å². The maximum absolute atomic E-state index is 4.51. The first kappa shape index (κ1) is 10.3. The lowest BCUT2D eigenvalue weighted by atomic mass is 10.1. The summed E-state index contributed by atoms with van der Waals surface area (Å²) in [5.74, 6) is 1.37. The fourth-order valence-electron chi connectivity index (χ4n) is 1.41. The molecule has 0 saturated heterocycles. The standard InChI is InChI=1S/C11H20N2/c1-9(2)7-11-5-6-13(12-11)8-10(3)4/h5-6,9-10H,7-8H2,1-4H3. The van der Waals surface area contributed by atoms with Crippen molar-refractivity contribution in [1.82, 2.24) is 9.78 Å². The molecule has 1 aromatic heterocycles. The average Bonchev–Trinajstić information content (AvgIpc) is 2.33. The van der Waals surface area contributed by atoms with E-state index in [0.29, 0.717) is 11.8 Å². The maximum atomic E-state index is 4.51. The lowest BCUT2D eigenvalue weighted by molar-refractivity contribution is 0.476. The van der Waals surface area contributed by atoms with Gasteiger partial charge in [0, 0.05) is 12.7 Å². The molecule has 0 atom stereocenters. The number of nitrogens with zero attached hydrogens (tertiary/aromatic N) is 2. The summed E-state index contributed by atoms with van der Waals surface area (Å²) >= 11 is 0. The Morgan fingerprint density at radius 2 is 1.92 bits per heavy atom. The highest BCUT2D eigenvalue weighted by atomic mass is 15.3. The zero-order valence-electron chi connectivity index (χ0n) is 9.12. The van der Waals surface area contributed by atoms with Gasteiger partial charge >= 0.3 is 0 Å². The van der Waals surface area contributed by atoms with Gasteiger partial charge in [0.05, 0.1) is 5.69 Å². The van der Waals surface area contributed by atoms with Crippen molar-refractivity contribution in [2.75, 3.05) is 0 Å². The van der Waals surface area contributed by atoms with E-state index in [-0.39, 0.29) is 0 Å². The molecule has 0 N–H and O–H groups in total. The third-order valence-corrected chi connectivity index (χ3v) is 1.87. The van der Waals surface area contributed by atoms with Crippen molar-refractivity contribution < 1.29 is 0 Å². The Morgan fingerprint density at radius 1 is 1.23 bits per heavy atom. The Kier molecular flexibility index (Phi) is 3.52. The van der Waals surface area contributed by atoms with Crippen molar-refractivity contribution in [2.24, 2.45) is 11.8 Å². The smallest absolute Gasteiger partial charge is 0.0627 e. The van der Waals surface area contributed by atoms with Crippen LogP contribution in [0.2, 0.25) is 0 Å². The first-order chi connectivity index (χ1) is 6.08. The molecule has 0 spiro atoms. The summed E-state index contributed by atoms with van der Waals surface area (Å²) in [7, 11) is 0. The molecule has 1 heterocycles. The summed E-state index contributed by atoms with van der Waals surface area (Å²) in [5.41, 5.74) is 1.22. The van der Waals surface area contributed by atoms with Crippen molar-refractivity contribution in [1.29, 1.82) is 0 Å². The highest BCUT2D eigenvalue weighted by Crippen LogP contribution is 2.06. The van der Waals surface area contributed by atoms with Crippen LogP contribution < -0.4 is 0 Å². The average molecular weight is 180 g/mol. The van der Waals surface area contributed by atoms with Crippen LogP contribution in [0.3, 0.4) is 0 Å². The lowest BCUT2D eigenvalue weighted by Gasteiger charge is -2.04. The molecule has 0 bridgehead atoms. The predicted molar refractivity (Wildman–Crippen MR) is 55.6 cm³/mol. The molecule has 0 aliphatic heterocycles. The van der Waals surface area contributed by atoms with Gasteiger partial charge in [-0.25, -0.2) is 0 Å². The van der Waals surface area contributed by atoms with Gasteiger partial charge in [-0.15, -0.1) is 0 Å². The van der Waals surface area contributed by atoms with Gasteiger partial charge in [-0.1, -0.05) is 27.7 Å². The molecule has 0 fully saturated rings. The molecule has 2 heteroatoms. The zero-order chi connectivity index (χ0) is 9.84. The van der Waals surface area contributed by atoms with Crippen LogP contribution in [0.4, 0.5) is 0 Å². The van der Waals surface area contributed by atoms with Crippen molar-refractivity contribution in [3.8, 4) is 0 Å². The fourth-order valence-corrected chi connectivity index (χ4v) is 1.41. The highest BCUT2D eigenvalue weighted by Gasteiger charge is 2.02. The Balaban J connectivity index is 2.53. The minimum atomic E-state index is 0.673. The van der Waals surface area contributed by atoms with Crippen LogP contribution in [0, 0.1) is 11.8 Å². The van der Waals surface area contributed by atoms with Gasteiger partial charge in [0.15, 0.2) is 0 Å². The maximum Gasteiger partial charge on any atom is 0.0627 e. The van der Waals surface area contributed by atoms with E-state index in [1.165, 1.54) is 5.69 Å². The fraction of sp³-hybridized carbons (Fsp3) is 0.727. The SMILES string of the molecule is CC(C)Cc1ccn(CC(C)C)n1. The van der Waals surface area contributed by atoms with Gasteiger partial charge in [0.25, 0.3) is 0 Å². The second kappa shape index (κ2) is 4.45. The number of aromatic nitrogens is 2. The van der Waals surface area contributed by atoms with Gasteiger partial charge in [-0.05, 0) is 24.3 Å². The topological polar surface area (TPSA) is 17.8 Å². The lowest BCUT2D eigenvalue weighted by Crippen LogP contribution is -2.05. The second-order valence-corrected chi connectivity index (χ2v) is 4.52. The normalized spacial score (nSPS) is 11.5. The Morgan fingerprint density at radius 3 is 2.46 bits per heavy atom. The van der Waals surface area contributed by atoms with E-state index in [0.717, 1.165) is 13.0 Å². The molecule has 74 valence electrons. The van der Waals surface area contributed by atoms with Gasteiger partial charge < -0.3 is 0 Å². The van der Waals surface area contributed by atoms with E-state index < -0.39 is 0 Å². The Bertz CT molecular complexity index is 224. The van der Waals surface area contributed by atoms with E-state index in [2.05, 4.69) is 45.1 Å². The van der Waals surface area contributed by atoms with E-state index in [1.807, 2.05) is 4.68 Å². The van der Waals surface area contributed by atoms with E-state index in [1.54, 1.807) is 0 Å². The summed E-state index contributed by atoms with van der Waals surface area (Å²) in [6, 6.07) is 2.13. The van der Waals surface area contributed by atoms with Crippen LogP contribution in [0.15, 0.2) is 12.3 Å². The molecular weight excluding hydrogens is 160 g/mol. The molecular formula is C11H20N2. The minimum Gasteiger partial charge on any atom is -0.272 e. The molecule has 0 amide bonds. The van der Waals surface area contributed by atoms with Gasteiger partial charge in [0.1, 0.15) is 0 Å².